The Labute approximate surface area is 169 Å². The van der Waals surface area contributed by atoms with Crippen LogP contribution in [0.5, 0.6) is 5.75 Å². The van der Waals surface area contributed by atoms with E-state index in [0.29, 0.717) is 6.54 Å². The van der Waals surface area contributed by atoms with Crippen molar-refractivity contribution in [2.75, 3.05) is 13.7 Å². The lowest BCUT2D eigenvalue weighted by Gasteiger charge is -2.13. The number of aryl methyl sites for hydroxylation is 1. The molecule has 3 rings (SSSR count). The molecule has 0 unspecified atom stereocenters. The van der Waals surface area contributed by atoms with E-state index in [1.807, 2.05) is 24.3 Å². The van der Waals surface area contributed by atoms with Crippen molar-refractivity contribution in [3.8, 4) is 5.75 Å². The Balaban J connectivity index is 1.59. The zero-order chi connectivity index (χ0) is 19.6. The van der Waals surface area contributed by atoms with Crippen LogP contribution in [0.3, 0.4) is 0 Å². The molecule has 0 aliphatic carbocycles. The van der Waals surface area contributed by atoms with Crippen LogP contribution < -0.4 is 15.4 Å². The first-order chi connectivity index (χ1) is 13.8. The number of aliphatic imine (C=N–C) groups is 1. The molecule has 0 radical (unpaired) electrons. The topological polar surface area (TPSA) is 76.4 Å². The fraction of sp³-hybridized carbons (Fsp3) is 0.350. The first-order valence-electron chi connectivity index (χ1n) is 9.32. The average Bonchev–Trinajstić information content (AvgIpc) is 3.41. The smallest absolute Gasteiger partial charge is 0.191 e. The van der Waals surface area contributed by atoms with E-state index in [9.17, 15) is 0 Å². The zero-order valence-electron chi connectivity index (χ0n) is 16.3. The third-order valence-corrected chi connectivity index (χ3v) is 5.12. The van der Waals surface area contributed by atoms with Gasteiger partial charge in [0.25, 0.3) is 0 Å². The van der Waals surface area contributed by atoms with Gasteiger partial charge in [0.15, 0.2) is 5.96 Å². The second-order valence-corrected chi connectivity index (χ2v) is 7.20. The molecule has 7 nitrogen and oxygen atoms in total. The van der Waals surface area contributed by atoms with Gasteiger partial charge in [-0.2, -0.15) is 0 Å². The Morgan fingerprint density at radius 3 is 2.79 bits per heavy atom. The maximum atomic E-state index is 5.21. The van der Waals surface area contributed by atoms with Crippen LogP contribution in [0.2, 0.25) is 0 Å². The van der Waals surface area contributed by atoms with Crippen molar-refractivity contribution in [3.63, 3.8) is 0 Å². The van der Waals surface area contributed by atoms with Crippen LogP contribution in [0.1, 0.15) is 23.2 Å². The van der Waals surface area contributed by atoms with Gasteiger partial charge >= 0.3 is 0 Å². The van der Waals surface area contributed by atoms with Crippen LogP contribution in [0.4, 0.5) is 0 Å². The lowest BCUT2D eigenvalue weighted by atomic mass is 10.2. The average molecular weight is 399 g/mol. The molecule has 0 saturated carbocycles. The zero-order valence-corrected chi connectivity index (χ0v) is 17.1. The summed E-state index contributed by atoms with van der Waals surface area (Å²) in [5.41, 5.74) is 1.13. The summed E-state index contributed by atoms with van der Waals surface area (Å²) in [6.45, 7) is 4.95. The van der Waals surface area contributed by atoms with Crippen molar-refractivity contribution < 1.29 is 4.74 Å². The Morgan fingerprint density at radius 1 is 1.21 bits per heavy atom. The maximum Gasteiger partial charge on any atom is 0.191 e. The molecule has 8 heteroatoms. The number of guanidine groups is 1. The van der Waals surface area contributed by atoms with Crippen molar-refractivity contribution in [2.24, 2.45) is 4.99 Å². The van der Waals surface area contributed by atoms with Gasteiger partial charge in [0, 0.05) is 24.4 Å². The van der Waals surface area contributed by atoms with Gasteiger partial charge < -0.3 is 19.9 Å². The molecule has 0 amide bonds. The predicted octanol–water partition coefficient (Wildman–Crippen LogP) is 2.85. The second-order valence-electron chi connectivity index (χ2n) is 6.17. The van der Waals surface area contributed by atoms with Gasteiger partial charge in [-0.1, -0.05) is 25.1 Å². The molecule has 0 saturated heterocycles. The monoisotopic (exact) mass is 398 g/mol. The summed E-state index contributed by atoms with van der Waals surface area (Å²) in [6, 6.07) is 12.1. The number of ether oxygens (including phenoxy) is 1. The third-order valence-electron chi connectivity index (χ3n) is 4.25. The van der Waals surface area contributed by atoms with Gasteiger partial charge in [-0.15, -0.1) is 21.5 Å². The molecule has 0 atom stereocenters. The quantitative estimate of drug-likeness (QED) is 0.428. The number of thiophene rings is 1. The fourth-order valence-electron chi connectivity index (χ4n) is 2.69. The van der Waals surface area contributed by atoms with Crippen molar-refractivity contribution in [1.82, 2.24) is 25.4 Å². The number of hydrogen-bond acceptors (Lipinski definition) is 5. The minimum atomic E-state index is 0.594. The van der Waals surface area contributed by atoms with Crippen LogP contribution in [0, 0.1) is 0 Å². The van der Waals surface area contributed by atoms with Gasteiger partial charge in [0.2, 0.25) is 0 Å². The summed E-state index contributed by atoms with van der Waals surface area (Å²) in [6.07, 6.45) is 2.64. The van der Waals surface area contributed by atoms with E-state index < -0.39 is 0 Å². The molecule has 0 bridgehead atoms. The van der Waals surface area contributed by atoms with Crippen LogP contribution in [-0.2, 0) is 26.1 Å². The minimum absolute atomic E-state index is 0.594. The van der Waals surface area contributed by atoms with E-state index in [2.05, 4.69) is 49.8 Å². The molecule has 2 N–H and O–H groups in total. The first kappa shape index (κ1) is 19.9. The largest absolute Gasteiger partial charge is 0.497 e. The van der Waals surface area contributed by atoms with Crippen LogP contribution in [0.15, 0.2) is 53.1 Å². The highest BCUT2D eigenvalue weighted by atomic mass is 32.1. The minimum Gasteiger partial charge on any atom is -0.497 e. The highest BCUT2D eigenvalue weighted by Gasteiger charge is 2.04. The van der Waals surface area contributed by atoms with Gasteiger partial charge in [0.05, 0.1) is 20.2 Å². The summed E-state index contributed by atoms with van der Waals surface area (Å²) < 4.78 is 7.27. The molecule has 28 heavy (non-hydrogen) atoms. The molecule has 2 aromatic heterocycles. The van der Waals surface area contributed by atoms with Crippen molar-refractivity contribution >= 4 is 17.3 Å². The SMILES string of the molecule is CCc1nncn1CCNC(=NCc1ccc(OC)cc1)NCc1cccs1. The summed E-state index contributed by atoms with van der Waals surface area (Å²) in [4.78, 5) is 6.00. The molecule has 2 heterocycles. The maximum absolute atomic E-state index is 5.21. The van der Waals surface area contributed by atoms with Crippen LogP contribution in [-0.4, -0.2) is 34.4 Å². The number of methoxy groups -OCH3 is 1. The highest BCUT2D eigenvalue weighted by Crippen LogP contribution is 2.12. The lowest BCUT2D eigenvalue weighted by molar-refractivity contribution is 0.414. The molecule has 0 aliphatic rings. The fourth-order valence-corrected chi connectivity index (χ4v) is 3.34. The Kier molecular flexibility index (Phi) is 7.43. The molecule has 3 aromatic rings. The lowest BCUT2D eigenvalue weighted by Crippen LogP contribution is -2.38. The molecular weight excluding hydrogens is 372 g/mol. The highest BCUT2D eigenvalue weighted by molar-refractivity contribution is 7.09. The normalized spacial score (nSPS) is 11.4. The number of rotatable bonds is 9. The van der Waals surface area contributed by atoms with Crippen molar-refractivity contribution in [1.29, 1.82) is 0 Å². The molecular formula is C20H26N6OS. The Hall–Kier alpha value is -2.87. The number of aromatic nitrogens is 3. The summed E-state index contributed by atoms with van der Waals surface area (Å²) >= 11 is 1.73. The molecule has 0 spiro atoms. The second kappa shape index (κ2) is 10.5. The van der Waals surface area contributed by atoms with Gasteiger partial charge in [-0.05, 0) is 29.1 Å². The number of benzene rings is 1. The summed E-state index contributed by atoms with van der Waals surface area (Å²) in [7, 11) is 1.67. The van der Waals surface area contributed by atoms with E-state index in [0.717, 1.165) is 49.2 Å². The van der Waals surface area contributed by atoms with E-state index in [1.54, 1.807) is 24.8 Å². The van der Waals surface area contributed by atoms with E-state index in [-0.39, 0.29) is 0 Å². The Morgan fingerprint density at radius 2 is 2.07 bits per heavy atom. The van der Waals surface area contributed by atoms with E-state index in [4.69, 9.17) is 9.73 Å². The van der Waals surface area contributed by atoms with Crippen LogP contribution >= 0.6 is 11.3 Å². The standard InChI is InChI=1S/C20H26N6OS/c1-3-19-25-24-15-26(19)11-10-21-20(23-14-18-5-4-12-28-18)22-13-16-6-8-17(27-2)9-7-16/h4-9,12,15H,3,10-11,13-14H2,1-2H3,(H2,21,22,23). The van der Waals surface area contributed by atoms with E-state index in [1.165, 1.54) is 4.88 Å². The molecule has 148 valence electrons. The van der Waals surface area contributed by atoms with Gasteiger partial charge in [-0.3, -0.25) is 0 Å². The molecule has 0 fully saturated rings. The number of nitrogens with one attached hydrogen (secondary N) is 2. The first-order valence-corrected chi connectivity index (χ1v) is 10.2. The molecule has 1 aromatic carbocycles. The summed E-state index contributed by atoms with van der Waals surface area (Å²) in [5.74, 6) is 2.63. The Bertz CT molecular complexity index is 857. The van der Waals surface area contributed by atoms with Gasteiger partial charge in [-0.25, -0.2) is 4.99 Å². The molecule has 0 aliphatic heterocycles. The predicted molar refractivity (Wildman–Crippen MR) is 113 cm³/mol. The number of hydrogen-bond donors (Lipinski definition) is 2. The van der Waals surface area contributed by atoms with Crippen molar-refractivity contribution in [2.45, 2.75) is 33.0 Å². The third kappa shape index (κ3) is 5.82. The summed E-state index contributed by atoms with van der Waals surface area (Å²) in [5, 5.41) is 17.0. The van der Waals surface area contributed by atoms with Crippen LogP contribution in [0.25, 0.3) is 0 Å². The van der Waals surface area contributed by atoms with Gasteiger partial charge in [0.1, 0.15) is 17.9 Å². The van der Waals surface area contributed by atoms with Crippen molar-refractivity contribution in [3.05, 3.63) is 64.4 Å². The van der Waals surface area contributed by atoms with E-state index >= 15 is 0 Å². The number of nitrogens with zero attached hydrogens (tertiary/aromatic N) is 4.